The van der Waals surface area contributed by atoms with Gasteiger partial charge in [-0.15, -0.1) is 0 Å². The van der Waals surface area contributed by atoms with Gasteiger partial charge in [0.1, 0.15) is 5.54 Å². The van der Waals surface area contributed by atoms with Crippen LogP contribution in [0.1, 0.15) is 46.0 Å². The minimum Gasteiger partial charge on any atom is -0.337 e. The molecule has 1 aliphatic carbocycles. The highest BCUT2D eigenvalue weighted by atomic mass is 16.2. The monoisotopic (exact) mass is 280 g/mol. The van der Waals surface area contributed by atoms with E-state index in [1.165, 1.54) is 0 Å². The van der Waals surface area contributed by atoms with Gasteiger partial charge in [-0.05, 0) is 31.8 Å². The van der Waals surface area contributed by atoms with Crippen molar-refractivity contribution in [2.75, 3.05) is 26.7 Å². The number of carbonyl (C=O) groups is 1. The molecule has 1 amide bonds. The number of nitrogens with two attached hydrogens (primary N) is 1. The fourth-order valence-electron chi connectivity index (χ4n) is 2.82. The van der Waals surface area contributed by atoms with Crippen molar-refractivity contribution in [1.82, 2.24) is 10.2 Å². The number of nitriles is 1. The Balaban J connectivity index is 2.48. The number of nitrogens with one attached hydrogen (secondary N) is 1. The number of nitrogens with zero attached hydrogens (tertiary/aromatic N) is 2. The summed E-state index contributed by atoms with van der Waals surface area (Å²) < 4.78 is 0. The van der Waals surface area contributed by atoms with Gasteiger partial charge >= 0.3 is 0 Å². The van der Waals surface area contributed by atoms with E-state index in [1.807, 2.05) is 11.9 Å². The number of carbonyl (C=O) groups excluding carboxylic acids is 1. The van der Waals surface area contributed by atoms with Crippen LogP contribution in [-0.4, -0.2) is 43.0 Å². The first-order valence-electron chi connectivity index (χ1n) is 7.43. The van der Waals surface area contributed by atoms with Gasteiger partial charge in [-0.25, -0.2) is 0 Å². The first-order chi connectivity index (χ1) is 9.32. The van der Waals surface area contributed by atoms with E-state index in [-0.39, 0.29) is 11.3 Å². The van der Waals surface area contributed by atoms with Crippen molar-refractivity contribution in [2.24, 2.45) is 11.1 Å². The SMILES string of the molecule is CN(CC(=O)NC1(C#N)CCCCC1)CC(C)(C)CN. The van der Waals surface area contributed by atoms with Crippen LogP contribution in [0.4, 0.5) is 0 Å². The standard InChI is InChI=1S/C15H28N4O/c1-14(2,10-16)12-19(3)9-13(20)18-15(11-17)7-5-4-6-8-15/h4-10,12,16H2,1-3H3,(H,18,20). The van der Waals surface area contributed by atoms with E-state index in [0.717, 1.165) is 38.6 Å². The molecule has 0 radical (unpaired) electrons. The molecule has 0 aromatic carbocycles. The van der Waals surface area contributed by atoms with Gasteiger partial charge in [-0.2, -0.15) is 5.26 Å². The largest absolute Gasteiger partial charge is 0.337 e. The van der Waals surface area contributed by atoms with Crippen LogP contribution in [0.15, 0.2) is 0 Å². The third-order valence-corrected chi connectivity index (χ3v) is 3.96. The molecule has 0 aromatic rings. The highest BCUT2D eigenvalue weighted by Gasteiger charge is 2.33. The Kier molecular flexibility index (Phi) is 5.97. The van der Waals surface area contributed by atoms with Gasteiger partial charge in [-0.3, -0.25) is 9.69 Å². The molecule has 0 bridgehead atoms. The number of likely N-dealkylation sites (N-methyl/N-ethyl adjacent to an activating group) is 1. The first kappa shape index (κ1) is 16.9. The molecule has 3 N–H and O–H groups in total. The lowest BCUT2D eigenvalue weighted by atomic mass is 9.83. The number of amides is 1. The van der Waals surface area contributed by atoms with E-state index in [9.17, 15) is 10.1 Å². The second-order valence-electron chi connectivity index (χ2n) is 6.84. The van der Waals surface area contributed by atoms with Crippen LogP contribution in [0.5, 0.6) is 0 Å². The van der Waals surface area contributed by atoms with E-state index >= 15 is 0 Å². The molecule has 1 rings (SSSR count). The molecule has 0 aromatic heterocycles. The minimum atomic E-state index is -0.639. The molecule has 0 atom stereocenters. The maximum atomic E-state index is 12.1. The van der Waals surface area contributed by atoms with Crippen molar-refractivity contribution >= 4 is 5.91 Å². The molecule has 20 heavy (non-hydrogen) atoms. The van der Waals surface area contributed by atoms with Gasteiger partial charge in [0.2, 0.25) is 5.91 Å². The molecule has 1 fully saturated rings. The van der Waals surface area contributed by atoms with Gasteiger partial charge in [0.15, 0.2) is 0 Å². The average Bonchev–Trinajstić information content (AvgIpc) is 2.38. The first-order valence-corrected chi connectivity index (χ1v) is 7.43. The fourth-order valence-corrected chi connectivity index (χ4v) is 2.82. The van der Waals surface area contributed by atoms with Gasteiger partial charge < -0.3 is 11.1 Å². The molecule has 0 spiro atoms. The van der Waals surface area contributed by atoms with E-state index in [0.29, 0.717) is 13.1 Å². The molecule has 0 saturated heterocycles. The minimum absolute atomic E-state index is 0.00716. The van der Waals surface area contributed by atoms with Gasteiger partial charge in [0.25, 0.3) is 0 Å². The van der Waals surface area contributed by atoms with Crippen molar-refractivity contribution in [3.63, 3.8) is 0 Å². The third kappa shape index (κ3) is 5.10. The van der Waals surface area contributed by atoms with Crippen molar-refractivity contribution in [1.29, 1.82) is 5.26 Å². The molecule has 1 saturated carbocycles. The summed E-state index contributed by atoms with van der Waals surface area (Å²) in [6.45, 7) is 5.82. The van der Waals surface area contributed by atoms with Crippen LogP contribution in [0.25, 0.3) is 0 Å². The summed E-state index contributed by atoms with van der Waals surface area (Å²) in [5, 5.41) is 12.3. The molecule has 0 unspecified atom stereocenters. The van der Waals surface area contributed by atoms with Crippen LogP contribution < -0.4 is 11.1 Å². The van der Waals surface area contributed by atoms with Crippen molar-refractivity contribution < 1.29 is 4.79 Å². The summed E-state index contributed by atoms with van der Waals surface area (Å²) in [6.07, 6.45) is 4.73. The second-order valence-corrected chi connectivity index (χ2v) is 6.84. The number of hydrogen-bond donors (Lipinski definition) is 2. The average molecular weight is 280 g/mol. The summed E-state index contributed by atoms with van der Waals surface area (Å²) in [4.78, 5) is 14.1. The Morgan fingerprint density at radius 3 is 2.50 bits per heavy atom. The zero-order chi connectivity index (χ0) is 15.2. The summed E-state index contributed by atoms with van der Waals surface area (Å²) >= 11 is 0. The van der Waals surface area contributed by atoms with E-state index < -0.39 is 5.54 Å². The second kappa shape index (κ2) is 7.05. The Hall–Kier alpha value is -1.12. The molecule has 0 aliphatic heterocycles. The number of rotatable bonds is 6. The van der Waals surface area contributed by atoms with Crippen LogP contribution in [-0.2, 0) is 4.79 Å². The summed E-state index contributed by atoms with van der Waals surface area (Å²) in [6, 6.07) is 2.31. The molecular weight excluding hydrogens is 252 g/mol. The summed E-state index contributed by atoms with van der Waals surface area (Å²) in [5.41, 5.74) is 5.06. The Labute approximate surface area is 122 Å². The van der Waals surface area contributed by atoms with Crippen molar-refractivity contribution in [2.45, 2.75) is 51.5 Å². The Bertz CT molecular complexity index is 367. The summed E-state index contributed by atoms with van der Waals surface area (Å²) in [7, 11) is 1.91. The lowest BCUT2D eigenvalue weighted by Crippen LogP contribution is -2.52. The van der Waals surface area contributed by atoms with E-state index in [2.05, 4.69) is 25.2 Å². The summed E-state index contributed by atoms with van der Waals surface area (Å²) in [5.74, 6) is -0.0660. The predicted octanol–water partition coefficient (Wildman–Crippen LogP) is 1.25. The van der Waals surface area contributed by atoms with Crippen LogP contribution >= 0.6 is 0 Å². The Morgan fingerprint density at radius 1 is 1.40 bits per heavy atom. The number of hydrogen-bond acceptors (Lipinski definition) is 4. The van der Waals surface area contributed by atoms with Gasteiger partial charge in [0.05, 0.1) is 12.6 Å². The Morgan fingerprint density at radius 2 is 2.00 bits per heavy atom. The van der Waals surface area contributed by atoms with E-state index in [4.69, 9.17) is 5.73 Å². The molecule has 5 nitrogen and oxygen atoms in total. The maximum absolute atomic E-state index is 12.1. The third-order valence-electron chi connectivity index (χ3n) is 3.96. The molecule has 5 heteroatoms. The topological polar surface area (TPSA) is 82.2 Å². The van der Waals surface area contributed by atoms with Crippen LogP contribution in [0.3, 0.4) is 0 Å². The zero-order valence-electron chi connectivity index (χ0n) is 13.0. The quantitative estimate of drug-likeness (QED) is 0.767. The smallest absolute Gasteiger partial charge is 0.235 e. The van der Waals surface area contributed by atoms with Crippen molar-refractivity contribution in [3.8, 4) is 6.07 Å². The lowest BCUT2D eigenvalue weighted by molar-refractivity contribution is -0.123. The lowest BCUT2D eigenvalue weighted by Gasteiger charge is -2.33. The van der Waals surface area contributed by atoms with Crippen LogP contribution in [0, 0.1) is 16.7 Å². The van der Waals surface area contributed by atoms with E-state index in [1.54, 1.807) is 0 Å². The zero-order valence-corrected chi connectivity index (χ0v) is 13.0. The van der Waals surface area contributed by atoms with Gasteiger partial charge in [0, 0.05) is 6.54 Å². The highest BCUT2D eigenvalue weighted by molar-refractivity contribution is 5.79. The van der Waals surface area contributed by atoms with Crippen molar-refractivity contribution in [3.05, 3.63) is 0 Å². The van der Waals surface area contributed by atoms with Crippen LogP contribution in [0.2, 0.25) is 0 Å². The highest BCUT2D eigenvalue weighted by Crippen LogP contribution is 2.27. The molecule has 0 heterocycles. The molecule has 1 aliphatic rings. The van der Waals surface area contributed by atoms with Gasteiger partial charge in [-0.1, -0.05) is 33.1 Å². The fraction of sp³-hybridized carbons (Fsp3) is 0.867. The predicted molar refractivity (Wildman–Crippen MR) is 79.9 cm³/mol. The molecular formula is C15H28N4O. The maximum Gasteiger partial charge on any atom is 0.235 e. The molecule has 114 valence electrons. The normalized spacial score (nSPS) is 18.6.